The van der Waals surface area contributed by atoms with Gasteiger partial charge in [0, 0.05) is 42.9 Å². The molecule has 2 aliphatic rings. The van der Waals surface area contributed by atoms with Crippen molar-refractivity contribution in [3.63, 3.8) is 0 Å². The van der Waals surface area contributed by atoms with Crippen molar-refractivity contribution in [3.8, 4) is 0 Å². The number of aryl methyl sites for hydroxylation is 1. The molecule has 0 spiro atoms. The summed E-state index contributed by atoms with van der Waals surface area (Å²) < 4.78 is 1.56. The molecule has 11 nitrogen and oxygen atoms in total. The molecule has 2 heterocycles. The van der Waals surface area contributed by atoms with E-state index in [1.807, 2.05) is 13.0 Å². The van der Waals surface area contributed by atoms with Crippen LogP contribution in [0, 0.1) is 26.1 Å². The summed E-state index contributed by atoms with van der Waals surface area (Å²) in [6.45, 7) is 2.40. The first-order valence-corrected chi connectivity index (χ1v) is 12.5. The van der Waals surface area contributed by atoms with Gasteiger partial charge in [0.15, 0.2) is 5.69 Å². The Labute approximate surface area is 222 Å². The topological polar surface area (TPSA) is 137 Å². The molecule has 2 atom stereocenters. The fourth-order valence-corrected chi connectivity index (χ4v) is 5.30. The minimum Gasteiger partial charge on any atom is -0.271 e. The molecule has 0 saturated heterocycles. The monoisotopic (exact) mass is 534 g/mol. The summed E-state index contributed by atoms with van der Waals surface area (Å²) >= 11 is 6.35. The number of carbonyl (C=O) groups is 1. The first-order valence-electron chi connectivity index (χ1n) is 12.1. The molecule has 1 aliphatic heterocycles. The lowest BCUT2D eigenvalue weighted by Crippen LogP contribution is -2.32. The number of non-ortho nitro benzene ring substituents is 2. The first kappa shape index (κ1) is 25.3. The van der Waals surface area contributed by atoms with E-state index in [1.54, 1.807) is 35.1 Å². The van der Waals surface area contributed by atoms with Gasteiger partial charge >= 0.3 is 0 Å². The van der Waals surface area contributed by atoms with Gasteiger partial charge in [-0.15, -0.1) is 0 Å². The van der Waals surface area contributed by atoms with Gasteiger partial charge in [-0.1, -0.05) is 35.9 Å². The van der Waals surface area contributed by atoms with Crippen molar-refractivity contribution in [2.24, 2.45) is 11.0 Å². The summed E-state index contributed by atoms with van der Waals surface area (Å²) in [5.41, 5.74) is 2.72. The van der Waals surface area contributed by atoms with Crippen LogP contribution in [0.1, 0.15) is 53.8 Å². The maximum atomic E-state index is 13.8. The van der Waals surface area contributed by atoms with Gasteiger partial charge in [-0.3, -0.25) is 29.7 Å². The number of nitro groups is 2. The number of amides is 1. The van der Waals surface area contributed by atoms with Crippen LogP contribution in [-0.4, -0.2) is 36.3 Å². The Hall–Kier alpha value is -4.38. The van der Waals surface area contributed by atoms with Crippen LogP contribution in [0.15, 0.2) is 65.4 Å². The molecule has 0 bridgehead atoms. The molecule has 5 rings (SSSR count). The van der Waals surface area contributed by atoms with Gasteiger partial charge in [-0.2, -0.15) is 10.2 Å². The Balaban J connectivity index is 1.61. The number of aromatic nitrogens is 2. The van der Waals surface area contributed by atoms with Gasteiger partial charge in [-0.25, -0.2) is 5.01 Å². The average molecular weight is 535 g/mol. The Kier molecular flexibility index (Phi) is 6.77. The van der Waals surface area contributed by atoms with Gasteiger partial charge in [-0.05, 0) is 49.0 Å². The number of allylic oxidation sites excluding steroid dienone is 1. The van der Waals surface area contributed by atoms with E-state index >= 15 is 0 Å². The quantitative estimate of drug-likeness (QED) is 0.289. The molecule has 38 heavy (non-hydrogen) atoms. The van der Waals surface area contributed by atoms with Crippen LogP contribution in [0.4, 0.5) is 11.4 Å². The molecule has 1 aromatic heterocycles. The van der Waals surface area contributed by atoms with Crippen LogP contribution in [0.25, 0.3) is 6.08 Å². The summed E-state index contributed by atoms with van der Waals surface area (Å²) in [5.74, 6) is -0.734. The van der Waals surface area contributed by atoms with E-state index in [4.69, 9.17) is 16.7 Å². The molecule has 0 N–H and O–H groups in total. The maximum absolute atomic E-state index is 13.8. The zero-order chi connectivity index (χ0) is 27.0. The van der Waals surface area contributed by atoms with Crippen molar-refractivity contribution in [2.75, 3.05) is 0 Å². The maximum Gasteiger partial charge on any atom is 0.296 e. The predicted molar refractivity (Wildman–Crippen MR) is 141 cm³/mol. The second kappa shape index (κ2) is 10.2. The third-order valence-electron chi connectivity index (χ3n) is 6.80. The molecule has 0 unspecified atom stereocenters. The SMILES string of the molecule is CCn1cc(Cl)c(C(=O)N2N=C3/C(=C/c4cccc([N+](=O)[O-])c4)CCC[C@@H]3[C@@H]2c2cccc([N+](=O)[O-])c2)n1. The standard InChI is InChI=1S/C26H23ClN6O5/c1-2-30-15-22(27)24(28-30)26(34)31-25(18-8-4-10-20(14-18)33(37)38)21-11-5-7-17(23(21)29-31)12-16-6-3-9-19(13-16)32(35)36/h3-4,6,8-10,12-15,21,25H,2,5,7,11H2,1H3/b17-12+/t21-,25-/m0/s1. The minimum atomic E-state index is -0.603. The van der Waals surface area contributed by atoms with Gasteiger partial charge < -0.3 is 0 Å². The Bertz CT molecular complexity index is 1510. The highest BCUT2D eigenvalue weighted by molar-refractivity contribution is 6.33. The Morgan fingerprint density at radius 2 is 1.84 bits per heavy atom. The van der Waals surface area contributed by atoms with Crippen molar-refractivity contribution < 1.29 is 14.6 Å². The number of benzene rings is 2. The predicted octanol–water partition coefficient (Wildman–Crippen LogP) is 5.81. The van der Waals surface area contributed by atoms with Crippen LogP contribution in [0.3, 0.4) is 0 Å². The minimum absolute atomic E-state index is 0.0208. The van der Waals surface area contributed by atoms with Crippen LogP contribution in [-0.2, 0) is 6.54 Å². The number of fused-ring (bicyclic) bond motifs is 1. The number of hydrogen-bond donors (Lipinski definition) is 0. The van der Waals surface area contributed by atoms with Crippen LogP contribution >= 0.6 is 11.6 Å². The van der Waals surface area contributed by atoms with E-state index in [0.717, 1.165) is 12.0 Å². The molecular formula is C26H23ClN6O5. The summed E-state index contributed by atoms with van der Waals surface area (Å²) in [5, 5.41) is 33.4. The fraction of sp³-hybridized carbons (Fsp3) is 0.269. The van der Waals surface area contributed by atoms with Crippen LogP contribution in [0.5, 0.6) is 0 Å². The molecule has 2 aromatic carbocycles. The number of rotatable bonds is 6. The van der Waals surface area contributed by atoms with Crippen LogP contribution in [0.2, 0.25) is 5.02 Å². The highest BCUT2D eigenvalue weighted by Gasteiger charge is 2.45. The average Bonchev–Trinajstić information content (AvgIpc) is 3.49. The lowest BCUT2D eigenvalue weighted by atomic mass is 9.77. The number of carbonyl (C=O) groups excluding carboxylic acids is 1. The third-order valence-corrected chi connectivity index (χ3v) is 7.07. The van der Waals surface area contributed by atoms with E-state index in [1.165, 1.54) is 29.3 Å². The van der Waals surface area contributed by atoms with E-state index in [0.29, 0.717) is 36.2 Å². The van der Waals surface area contributed by atoms with Gasteiger partial charge in [0.1, 0.15) is 0 Å². The first-order chi connectivity index (χ1) is 18.3. The molecule has 194 valence electrons. The van der Waals surface area contributed by atoms with Gasteiger partial charge in [0.25, 0.3) is 17.3 Å². The van der Waals surface area contributed by atoms with E-state index < -0.39 is 21.8 Å². The van der Waals surface area contributed by atoms with Gasteiger partial charge in [0.2, 0.25) is 0 Å². The largest absolute Gasteiger partial charge is 0.296 e. The molecule has 0 radical (unpaired) electrons. The number of nitrogens with zero attached hydrogens (tertiary/aromatic N) is 6. The summed E-state index contributed by atoms with van der Waals surface area (Å²) in [6, 6.07) is 11.9. The van der Waals surface area contributed by atoms with Gasteiger partial charge in [0.05, 0.1) is 26.6 Å². The van der Waals surface area contributed by atoms with E-state index in [2.05, 4.69) is 5.10 Å². The summed E-state index contributed by atoms with van der Waals surface area (Å²) in [4.78, 5) is 35.6. The third kappa shape index (κ3) is 4.68. The highest BCUT2D eigenvalue weighted by atomic mass is 35.5. The molecular weight excluding hydrogens is 512 g/mol. The second-order valence-electron chi connectivity index (χ2n) is 9.13. The normalized spacial score (nSPS) is 19.8. The lowest BCUT2D eigenvalue weighted by Gasteiger charge is -2.29. The molecule has 1 saturated carbocycles. The molecule has 1 fully saturated rings. The molecule has 3 aromatic rings. The van der Waals surface area contributed by atoms with Crippen molar-refractivity contribution in [2.45, 2.75) is 38.8 Å². The number of halogens is 1. The van der Waals surface area contributed by atoms with Crippen molar-refractivity contribution in [1.82, 2.24) is 14.8 Å². The molecule has 1 amide bonds. The smallest absolute Gasteiger partial charge is 0.271 e. The number of hydrazone groups is 1. The number of nitro benzene ring substituents is 2. The number of hydrogen-bond acceptors (Lipinski definition) is 7. The fourth-order valence-electron chi connectivity index (χ4n) is 5.07. The lowest BCUT2D eigenvalue weighted by molar-refractivity contribution is -0.385. The summed E-state index contributed by atoms with van der Waals surface area (Å²) in [7, 11) is 0. The summed E-state index contributed by atoms with van der Waals surface area (Å²) in [6.07, 6.45) is 5.60. The molecule has 12 heteroatoms. The second-order valence-corrected chi connectivity index (χ2v) is 9.54. The van der Waals surface area contributed by atoms with Crippen molar-refractivity contribution in [1.29, 1.82) is 0 Å². The van der Waals surface area contributed by atoms with Crippen LogP contribution < -0.4 is 0 Å². The van der Waals surface area contributed by atoms with E-state index in [9.17, 15) is 25.0 Å². The van der Waals surface area contributed by atoms with Crippen molar-refractivity contribution in [3.05, 3.63) is 102 Å². The van der Waals surface area contributed by atoms with Crippen molar-refractivity contribution >= 4 is 40.7 Å². The zero-order valence-electron chi connectivity index (χ0n) is 20.4. The highest BCUT2D eigenvalue weighted by Crippen LogP contribution is 2.45. The Morgan fingerprint density at radius 1 is 1.13 bits per heavy atom. The van der Waals surface area contributed by atoms with E-state index in [-0.39, 0.29) is 28.0 Å². The molecule has 1 aliphatic carbocycles. The zero-order valence-corrected chi connectivity index (χ0v) is 21.1. The Morgan fingerprint density at radius 3 is 2.53 bits per heavy atom.